The van der Waals surface area contributed by atoms with E-state index in [0.717, 1.165) is 5.56 Å². The smallest absolute Gasteiger partial charge is 0.168 e. The second kappa shape index (κ2) is 7.79. The highest BCUT2D eigenvalue weighted by molar-refractivity contribution is 7.98. The number of rotatable bonds is 6. The summed E-state index contributed by atoms with van der Waals surface area (Å²) in [6.45, 7) is 0.449. The number of hydrogen-bond donors (Lipinski definition) is 1. The van der Waals surface area contributed by atoms with E-state index in [4.69, 9.17) is 11.6 Å². The molecule has 3 aromatic rings. The maximum Gasteiger partial charge on any atom is 0.168 e. The van der Waals surface area contributed by atoms with Gasteiger partial charge in [0.25, 0.3) is 0 Å². The Kier molecular flexibility index (Phi) is 5.50. The third-order valence-corrected chi connectivity index (χ3v) is 4.93. The van der Waals surface area contributed by atoms with E-state index in [0.29, 0.717) is 33.7 Å². The van der Waals surface area contributed by atoms with E-state index in [1.807, 2.05) is 16.7 Å². The molecule has 2 heterocycles. The Bertz CT molecular complexity index is 806. The first-order chi connectivity index (χ1) is 11.7. The molecule has 2 aromatic heterocycles. The van der Waals surface area contributed by atoms with Gasteiger partial charge in [0.15, 0.2) is 5.16 Å². The summed E-state index contributed by atoms with van der Waals surface area (Å²) in [6, 6.07) is 8.46. The van der Waals surface area contributed by atoms with Gasteiger partial charge in [-0.3, -0.25) is 4.98 Å². The van der Waals surface area contributed by atoms with Crippen LogP contribution >= 0.6 is 23.4 Å². The molecule has 24 heavy (non-hydrogen) atoms. The Balaban J connectivity index is 1.82. The molecule has 0 fully saturated rings. The van der Waals surface area contributed by atoms with Crippen molar-refractivity contribution in [2.45, 2.75) is 24.1 Å². The number of hydrogen-bond acceptors (Lipinski definition) is 4. The number of thioether (sulfide) groups is 1. The SMILES string of the molecule is OCc1cnc(SCc2c(F)cccc2Cl)n1Cc1ccncc1. The van der Waals surface area contributed by atoms with Crippen molar-refractivity contribution >= 4 is 23.4 Å². The van der Waals surface area contributed by atoms with Crippen LogP contribution in [-0.4, -0.2) is 19.6 Å². The summed E-state index contributed by atoms with van der Waals surface area (Å²) in [6.07, 6.45) is 5.07. The maximum absolute atomic E-state index is 13.9. The highest BCUT2D eigenvalue weighted by Crippen LogP contribution is 2.29. The highest BCUT2D eigenvalue weighted by atomic mass is 35.5. The standard InChI is InChI=1S/C17H15ClFN3OS/c18-15-2-1-3-16(19)14(15)11-24-17-21-8-13(10-23)22(17)9-12-4-6-20-7-5-12/h1-8,23H,9-11H2. The first-order valence-electron chi connectivity index (χ1n) is 7.29. The summed E-state index contributed by atoms with van der Waals surface area (Å²) < 4.78 is 15.8. The van der Waals surface area contributed by atoms with Crippen molar-refractivity contribution < 1.29 is 9.50 Å². The molecule has 0 saturated carbocycles. The van der Waals surface area contributed by atoms with Gasteiger partial charge < -0.3 is 9.67 Å². The Morgan fingerprint density at radius 3 is 2.71 bits per heavy atom. The van der Waals surface area contributed by atoms with Crippen molar-refractivity contribution in [3.8, 4) is 0 Å². The summed E-state index contributed by atoms with van der Waals surface area (Å²) in [5, 5.41) is 10.6. The van der Waals surface area contributed by atoms with Crippen LogP contribution < -0.4 is 0 Å². The predicted octanol–water partition coefficient (Wildman–Crippen LogP) is 3.90. The van der Waals surface area contributed by atoms with Gasteiger partial charge in [-0.2, -0.15) is 0 Å². The van der Waals surface area contributed by atoms with Crippen LogP contribution in [0.3, 0.4) is 0 Å². The molecule has 1 N–H and O–H groups in total. The number of aliphatic hydroxyl groups excluding tert-OH is 1. The highest BCUT2D eigenvalue weighted by Gasteiger charge is 2.13. The van der Waals surface area contributed by atoms with Crippen LogP contribution in [0.15, 0.2) is 54.1 Å². The van der Waals surface area contributed by atoms with Crippen LogP contribution in [0.25, 0.3) is 0 Å². The molecular weight excluding hydrogens is 349 g/mol. The van der Waals surface area contributed by atoms with Gasteiger partial charge in [0.1, 0.15) is 5.82 Å². The van der Waals surface area contributed by atoms with Gasteiger partial charge in [-0.1, -0.05) is 29.4 Å². The van der Waals surface area contributed by atoms with Gasteiger partial charge >= 0.3 is 0 Å². The van der Waals surface area contributed by atoms with Crippen LogP contribution in [-0.2, 0) is 18.9 Å². The first kappa shape index (κ1) is 17.0. The Morgan fingerprint density at radius 2 is 2.00 bits per heavy atom. The maximum atomic E-state index is 13.9. The molecule has 0 spiro atoms. The number of aliphatic hydroxyl groups is 1. The molecular formula is C17H15ClFN3OS. The van der Waals surface area contributed by atoms with Crippen molar-refractivity contribution in [2.24, 2.45) is 0 Å². The van der Waals surface area contributed by atoms with Crippen molar-refractivity contribution in [3.63, 3.8) is 0 Å². The van der Waals surface area contributed by atoms with Crippen LogP contribution in [0.2, 0.25) is 5.02 Å². The minimum absolute atomic E-state index is 0.112. The van der Waals surface area contributed by atoms with E-state index in [1.54, 1.807) is 30.7 Å². The zero-order valence-corrected chi connectivity index (χ0v) is 14.3. The Hall–Kier alpha value is -1.89. The lowest BCUT2D eigenvalue weighted by molar-refractivity contribution is 0.270. The van der Waals surface area contributed by atoms with Crippen LogP contribution in [0, 0.1) is 5.82 Å². The second-order valence-electron chi connectivity index (χ2n) is 5.12. The number of pyridine rings is 1. The summed E-state index contributed by atoms with van der Waals surface area (Å²) in [5.41, 5.74) is 2.20. The number of nitrogens with zero attached hydrogens (tertiary/aromatic N) is 3. The fourth-order valence-corrected chi connectivity index (χ4v) is 3.62. The largest absolute Gasteiger partial charge is 0.390 e. The molecule has 0 amide bonds. The summed E-state index contributed by atoms with van der Waals surface area (Å²) >= 11 is 7.45. The van der Waals surface area contributed by atoms with Gasteiger partial charge in [0, 0.05) is 28.7 Å². The van der Waals surface area contributed by atoms with E-state index in [-0.39, 0.29) is 12.4 Å². The molecule has 0 saturated heterocycles. The van der Waals surface area contributed by atoms with E-state index >= 15 is 0 Å². The van der Waals surface area contributed by atoms with E-state index < -0.39 is 0 Å². The molecule has 7 heteroatoms. The Morgan fingerprint density at radius 1 is 1.21 bits per heavy atom. The monoisotopic (exact) mass is 363 g/mol. The zero-order valence-electron chi connectivity index (χ0n) is 12.7. The van der Waals surface area contributed by atoms with Crippen molar-refractivity contribution in [3.05, 3.63) is 76.6 Å². The normalized spacial score (nSPS) is 11.0. The molecule has 4 nitrogen and oxygen atoms in total. The number of aromatic nitrogens is 3. The zero-order chi connectivity index (χ0) is 16.9. The van der Waals surface area contributed by atoms with Crippen molar-refractivity contribution in [1.29, 1.82) is 0 Å². The summed E-state index contributed by atoms with van der Waals surface area (Å²) in [7, 11) is 0. The van der Waals surface area contributed by atoms with Crippen LogP contribution in [0.1, 0.15) is 16.8 Å². The van der Waals surface area contributed by atoms with E-state index in [1.165, 1.54) is 17.8 Å². The van der Waals surface area contributed by atoms with Gasteiger partial charge in [-0.25, -0.2) is 9.37 Å². The molecule has 0 bridgehead atoms. The number of halogens is 2. The van der Waals surface area contributed by atoms with Gasteiger partial charge in [0.2, 0.25) is 0 Å². The van der Waals surface area contributed by atoms with Crippen molar-refractivity contribution in [1.82, 2.24) is 14.5 Å². The molecule has 0 unspecified atom stereocenters. The quantitative estimate of drug-likeness (QED) is 0.675. The minimum Gasteiger partial charge on any atom is -0.390 e. The van der Waals surface area contributed by atoms with E-state index in [2.05, 4.69) is 9.97 Å². The average molecular weight is 364 g/mol. The first-order valence-corrected chi connectivity index (χ1v) is 8.65. The third-order valence-electron chi connectivity index (χ3n) is 3.56. The van der Waals surface area contributed by atoms with Crippen LogP contribution in [0.4, 0.5) is 4.39 Å². The predicted molar refractivity (Wildman–Crippen MR) is 92.5 cm³/mol. The van der Waals surface area contributed by atoms with Gasteiger partial charge in [0.05, 0.1) is 25.0 Å². The molecule has 3 rings (SSSR count). The van der Waals surface area contributed by atoms with Gasteiger partial charge in [-0.05, 0) is 29.8 Å². The fraction of sp³-hybridized carbons (Fsp3) is 0.176. The van der Waals surface area contributed by atoms with Gasteiger partial charge in [-0.15, -0.1) is 0 Å². The molecule has 0 aliphatic heterocycles. The lowest BCUT2D eigenvalue weighted by Gasteiger charge is -2.11. The lowest BCUT2D eigenvalue weighted by atomic mass is 10.2. The molecule has 0 radical (unpaired) electrons. The van der Waals surface area contributed by atoms with Crippen LogP contribution in [0.5, 0.6) is 0 Å². The second-order valence-corrected chi connectivity index (χ2v) is 6.47. The summed E-state index contributed by atoms with van der Waals surface area (Å²) in [5.74, 6) is 0.0358. The average Bonchev–Trinajstić information content (AvgIpc) is 2.97. The topological polar surface area (TPSA) is 50.9 Å². The minimum atomic E-state index is -0.329. The molecule has 0 aliphatic rings. The Labute approximate surface area is 148 Å². The molecule has 124 valence electrons. The lowest BCUT2D eigenvalue weighted by Crippen LogP contribution is -2.06. The fourth-order valence-electron chi connectivity index (χ4n) is 2.28. The molecule has 0 atom stereocenters. The molecule has 1 aromatic carbocycles. The van der Waals surface area contributed by atoms with Crippen molar-refractivity contribution in [2.75, 3.05) is 0 Å². The summed E-state index contributed by atoms with van der Waals surface area (Å²) in [4.78, 5) is 8.34. The molecule has 0 aliphatic carbocycles. The third kappa shape index (κ3) is 3.77. The van der Waals surface area contributed by atoms with E-state index in [9.17, 15) is 9.50 Å². The number of benzene rings is 1. The number of imidazole rings is 1.